The van der Waals surface area contributed by atoms with Gasteiger partial charge in [-0.15, -0.1) is 0 Å². The molecule has 26 heavy (non-hydrogen) atoms. The minimum absolute atomic E-state index is 0.211. The van der Waals surface area contributed by atoms with Crippen molar-refractivity contribution in [1.82, 2.24) is 25.0 Å². The van der Waals surface area contributed by atoms with Gasteiger partial charge in [-0.3, -0.25) is 19.0 Å². The number of hydrogen-bond acceptors (Lipinski definition) is 4. The molecule has 0 atom stereocenters. The summed E-state index contributed by atoms with van der Waals surface area (Å²) in [5, 5.41) is 5.67. The summed E-state index contributed by atoms with van der Waals surface area (Å²) in [6.45, 7) is 2.98. The number of amides is 2. The highest BCUT2D eigenvalue weighted by Crippen LogP contribution is 2.13. The van der Waals surface area contributed by atoms with Crippen molar-refractivity contribution in [1.29, 1.82) is 0 Å². The van der Waals surface area contributed by atoms with Crippen molar-refractivity contribution in [3.8, 4) is 0 Å². The first-order chi connectivity index (χ1) is 12.7. The van der Waals surface area contributed by atoms with Gasteiger partial charge in [0, 0.05) is 31.7 Å². The smallest absolute Gasteiger partial charge is 0.287 e. The predicted molar refractivity (Wildman–Crippen MR) is 97.8 cm³/mol. The number of carbonyl (C=O) groups is 2. The van der Waals surface area contributed by atoms with Crippen molar-refractivity contribution in [3.63, 3.8) is 0 Å². The summed E-state index contributed by atoms with van der Waals surface area (Å²) in [6, 6.07) is 9.08. The first-order valence-corrected chi connectivity index (χ1v) is 8.63. The Balaban J connectivity index is 1.81. The summed E-state index contributed by atoms with van der Waals surface area (Å²) in [5.74, 6) is -0.403. The van der Waals surface area contributed by atoms with E-state index in [0.717, 1.165) is 18.4 Å². The summed E-state index contributed by atoms with van der Waals surface area (Å²) in [4.78, 5) is 33.3. The Kier molecular flexibility index (Phi) is 5.58. The number of fused-ring (bicyclic) bond motifs is 1. The van der Waals surface area contributed by atoms with Crippen LogP contribution in [0, 0.1) is 0 Å². The van der Waals surface area contributed by atoms with Crippen LogP contribution in [0.3, 0.4) is 0 Å². The molecule has 0 aromatic carbocycles. The fourth-order valence-electron chi connectivity index (χ4n) is 2.59. The maximum absolute atomic E-state index is 12.6. The maximum Gasteiger partial charge on any atom is 0.287 e. The number of aromatic nitrogens is 3. The van der Waals surface area contributed by atoms with Crippen molar-refractivity contribution in [2.45, 2.75) is 26.3 Å². The van der Waals surface area contributed by atoms with E-state index in [1.165, 1.54) is 0 Å². The second kappa shape index (κ2) is 8.24. The molecule has 0 aliphatic rings. The molecular weight excluding hydrogens is 330 g/mol. The van der Waals surface area contributed by atoms with Crippen molar-refractivity contribution >= 4 is 17.3 Å². The Hall–Kier alpha value is -3.22. The Morgan fingerprint density at radius 2 is 2.00 bits per heavy atom. The number of nitrogens with zero attached hydrogens (tertiary/aromatic N) is 3. The quantitative estimate of drug-likeness (QED) is 0.639. The van der Waals surface area contributed by atoms with Crippen molar-refractivity contribution in [2.24, 2.45) is 0 Å². The second-order valence-corrected chi connectivity index (χ2v) is 5.89. The molecule has 0 bridgehead atoms. The summed E-state index contributed by atoms with van der Waals surface area (Å²) in [7, 11) is 0. The molecule has 0 radical (unpaired) electrons. The van der Waals surface area contributed by atoms with Gasteiger partial charge in [-0.1, -0.05) is 25.5 Å². The predicted octanol–water partition coefficient (Wildman–Crippen LogP) is 2.19. The molecule has 2 amide bonds. The van der Waals surface area contributed by atoms with Gasteiger partial charge < -0.3 is 10.6 Å². The summed E-state index contributed by atoms with van der Waals surface area (Å²) in [5.41, 5.74) is 1.72. The number of unbranched alkanes of at least 4 members (excludes halogenated alkanes) is 1. The van der Waals surface area contributed by atoms with E-state index in [-0.39, 0.29) is 23.3 Å². The summed E-state index contributed by atoms with van der Waals surface area (Å²) >= 11 is 0. The van der Waals surface area contributed by atoms with Gasteiger partial charge in [-0.05, 0) is 30.2 Å². The van der Waals surface area contributed by atoms with E-state index in [2.05, 4.69) is 27.5 Å². The molecule has 7 nitrogen and oxygen atoms in total. The third-order valence-electron chi connectivity index (χ3n) is 3.96. The van der Waals surface area contributed by atoms with Gasteiger partial charge in [-0.25, -0.2) is 4.98 Å². The van der Waals surface area contributed by atoms with E-state index < -0.39 is 0 Å². The molecule has 0 saturated carbocycles. The minimum Gasteiger partial charge on any atom is -0.349 e. The van der Waals surface area contributed by atoms with Crippen LogP contribution in [0.2, 0.25) is 0 Å². The fraction of sp³-hybridized carbons (Fsp3) is 0.263. The van der Waals surface area contributed by atoms with Gasteiger partial charge in [0.1, 0.15) is 0 Å². The SMILES string of the molecule is CCCCNC(=O)c1nc(C(=O)NCc2cccnc2)c2ccccn12. The normalized spacial score (nSPS) is 10.7. The Labute approximate surface area is 151 Å². The molecule has 0 saturated heterocycles. The largest absolute Gasteiger partial charge is 0.349 e. The molecule has 0 unspecified atom stereocenters. The monoisotopic (exact) mass is 351 g/mol. The fourth-order valence-corrected chi connectivity index (χ4v) is 2.59. The van der Waals surface area contributed by atoms with Crippen LogP contribution in [-0.2, 0) is 6.54 Å². The van der Waals surface area contributed by atoms with Crippen LogP contribution in [0.25, 0.3) is 5.52 Å². The highest BCUT2D eigenvalue weighted by molar-refractivity contribution is 6.02. The van der Waals surface area contributed by atoms with Crippen LogP contribution in [0.5, 0.6) is 0 Å². The maximum atomic E-state index is 12.6. The van der Waals surface area contributed by atoms with Gasteiger partial charge in [0.25, 0.3) is 11.8 Å². The van der Waals surface area contributed by atoms with Crippen molar-refractivity contribution in [2.75, 3.05) is 6.54 Å². The lowest BCUT2D eigenvalue weighted by Crippen LogP contribution is -2.27. The standard InChI is InChI=1S/C19H21N5O2/c1-2-3-10-21-19(26)17-23-16(15-8-4-5-11-24(15)17)18(25)22-13-14-7-6-9-20-12-14/h4-9,11-12H,2-3,10,13H2,1H3,(H,21,26)(H,22,25). The van der Waals surface area contributed by atoms with E-state index in [1.54, 1.807) is 35.1 Å². The van der Waals surface area contributed by atoms with E-state index in [4.69, 9.17) is 0 Å². The molecule has 3 heterocycles. The van der Waals surface area contributed by atoms with Crippen LogP contribution in [0.4, 0.5) is 0 Å². The Bertz CT molecular complexity index is 905. The first kappa shape index (κ1) is 17.6. The molecule has 3 rings (SSSR count). The highest BCUT2D eigenvalue weighted by atomic mass is 16.2. The molecule has 0 fully saturated rings. The molecule has 0 aliphatic carbocycles. The average Bonchev–Trinajstić information content (AvgIpc) is 3.07. The number of rotatable bonds is 7. The highest BCUT2D eigenvalue weighted by Gasteiger charge is 2.21. The number of carbonyl (C=O) groups excluding carboxylic acids is 2. The number of nitrogens with one attached hydrogen (secondary N) is 2. The van der Waals surface area contributed by atoms with Crippen LogP contribution in [-0.4, -0.2) is 32.7 Å². The van der Waals surface area contributed by atoms with E-state index in [1.807, 2.05) is 18.2 Å². The molecule has 0 aliphatic heterocycles. The zero-order valence-electron chi connectivity index (χ0n) is 14.6. The molecule has 134 valence electrons. The summed E-state index contributed by atoms with van der Waals surface area (Å²) in [6.07, 6.45) is 6.99. The number of pyridine rings is 2. The zero-order chi connectivity index (χ0) is 18.4. The van der Waals surface area contributed by atoms with E-state index >= 15 is 0 Å². The molecular formula is C19H21N5O2. The van der Waals surface area contributed by atoms with Gasteiger partial charge >= 0.3 is 0 Å². The lowest BCUT2D eigenvalue weighted by molar-refractivity contribution is 0.0942. The van der Waals surface area contributed by atoms with Gasteiger partial charge in [0.15, 0.2) is 5.69 Å². The van der Waals surface area contributed by atoms with Crippen LogP contribution >= 0.6 is 0 Å². The molecule has 3 aromatic rings. The lowest BCUT2D eigenvalue weighted by Gasteiger charge is -2.03. The van der Waals surface area contributed by atoms with Crippen molar-refractivity contribution < 1.29 is 9.59 Å². The van der Waals surface area contributed by atoms with Crippen molar-refractivity contribution in [3.05, 3.63) is 66.0 Å². The zero-order valence-corrected chi connectivity index (χ0v) is 14.6. The third kappa shape index (κ3) is 3.88. The molecule has 3 aromatic heterocycles. The minimum atomic E-state index is -0.329. The molecule has 0 spiro atoms. The summed E-state index contributed by atoms with van der Waals surface area (Å²) < 4.78 is 1.64. The molecule has 2 N–H and O–H groups in total. The van der Waals surface area contributed by atoms with Gasteiger partial charge in [0.2, 0.25) is 5.82 Å². The van der Waals surface area contributed by atoms with Gasteiger partial charge in [0.05, 0.1) is 5.52 Å². The Morgan fingerprint density at radius 1 is 1.12 bits per heavy atom. The van der Waals surface area contributed by atoms with Crippen LogP contribution in [0.1, 0.15) is 46.4 Å². The lowest BCUT2D eigenvalue weighted by atomic mass is 10.2. The third-order valence-corrected chi connectivity index (χ3v) is 3.96. The average molecular weight is 351 g/mol. The number of hydrogen-bond donors (Lipinski definition) is 2. The first-order valence-electron chi connectivity index (χ1n) is 8.63. The molecule has 7 heteroatoms. The Morgan fingerprint density at radius 3 is 2.77 bits per heavy atom. The van der Waals surface area contributed by atoms with Crippen LogP contribution in [0.15, 0.2) is 48.9 Å². The number of imidazole rings is 1. The van der Waals surface area contributed by atoms with Crippen LogP contribution < -0.4 is 10.6 Å². The van der Waals surface area contributed by atoms with E-state index in [0.29, 0.717) is 18.6 Å². The topological polar surface area (TPSA) is 88.4 Å². The second-order valence-electron chi connectivity index (χ2n) is 5.89. The van der Waals surface area contributed by atoms with Gasteiger partial charge in [-0.2, -0.15) is 0 Å². The van der Waals surface area contributed by atoms with E-state index in [9.17, 15) is 9.59 Å².